The lowest BCUT2D eigenvalue weighted by molar-refractivity contribution is -0.127. The minimum Gasteiger partial charge on any atom is -0.411 e. The minimum atomic E-state index is -0.671. The summed E-state index contributed by atoms with van der Waals surface area (Å²) in [5.41, 5.74) is 4.53. The molecule has 0 aliphatic carbocycles. The number of carbonyl (C=O) groups is 1. The molecule has 1 amide bonds. The zero-order valence-corrected chi connectivity index (χ0v) is 17.8. The van der Waals surface area contributed by atoms with E-state index in [1.54, 1.807) is 6.92 Å². The van der Waals surface area contributed by atoms with Gasteiger partial charge in [-0.05, 0) is 36.1 Å². The molecular formula is C27H26N2O2. The van der Waals surface area contributed by atoms with E-state index in [2.05, 4.69) is 12.1 Å². The SMILES string of the molecule is C/C(CC1(C)C(c2ccccc2)=C(c2ccccc2)C(=O)N1Cc1ccccc1)=N\O. The summed E-state index contributed by atoms with van der Waals surface area (Å²) in [6.45, 7) is 4.34. The molecule has 1 aliphatic heterocycles. The van der Waals surface area contributed by atoms with Gasteiger partial charge < -0.3 is 10.1 Å². The van der Waals surface area contributed by atoms with E-state index in [1.807, 2.05) is 95.9 Å². The van der Waals surface area contributed by atoms with Crippen LogP contribution in [0.4, 0.5) is 0 Å². The fraction of sp³-hybridized carbons (Fsp3) is 0.185. The van der Waals surface area contributed by atoms with Gasteiger partial charge in [0.1, 0.15) is 0 Å². The standard InChI is InChI=1S/C27H26N2O2/c1-20(28-31)18-27(2)25(23-16-10-5-11-17-23)24(22-14-8-4-9-15-22)26(30)29(27)19-21-12-6-3-7-13-21/h3-17,31H,18-19H2,1-2H3/b28-20+. The zero-order chi connectivity index (χ0) is 21.8. The predicted molar refractivity (Wildman–Crippen MR) is 125 cm³/mol. The lowest BCUT2D eigenvalue weighted by Crippen LogP contribution is -2.46. The average Bonchev–Trinajstić information content (AvgIpc) is 3.02. The first kappa shape index (κ1) is 20.6. The lowest BCUT2D eigenvalue weighted by atomic mass is 9.80. The van der Waals surface area contributed by atoms with Crippen molar-refractivity contribution in [1.29, 1.82) is 0 Å². The van der Waals surface area contributed by atoms with E-state index in [0.29, 0.717) is 24.3 Å². The number of hydrogen-bond donors (Lipinski definition) is 1. The lowest BCUT2D eigenvalue weighted by Gasteiger charge is -2.38. The molecule has 3 aromatic rings. The van der Waals surface area contributed by atoms with Gasteiger partial charge in [0.2, 0.25) is 0 Å². The maximum absolute atomic E-state index is 13.9. The van der Waals surface area contributed by atoms with E-state index in [-0.39, 0.29) is 5.91 Å². The molecule has 4 rings (SSSR count). The largest absolute Gasteiger partial charge is 0.411 e. The number of rotatable bonds is 6. The first-order chi connectivity index (χ1) is 15.0. The normalized spacial score (nSPS) is 19.2. The number of oxime groups is 1. The topological polar surface area (TPSA) is 52.9 Å². The number of benzene rings is 3. The van der Waals surface area contributed by atoms with Crippen molar-refractivity contribution in [3.63, 3.8) is 0 Å². The molecular weight excluding hydrogens is 384 g/mol. The van der Waals surface area contributed by atoms with Crippen LogP contribution in [0.2, 0.25) is 0 Å². The second kappa shape index (κ2) is 8.60. The van der Waals surface area contributed by atoms with E-state index in [4.69, 9.17) is 0 Å². The molecule has 3 aromatic carbocycles. The van der Waals surface area contributed by atoms with Crippen LogP contribution in [0.5, 0.6) is 0 Å². The van der Waals surface area contributed by atoms with Crippen LogP contribution in [0.3, 0.4) is 0 Å². The maximum atomic E-state index is 13.9. The Bertz CT molecular complexity index is 1120. The smallest absolute Gasteiger partial charge is 0.255 e. The molecule has 0 bridgehead atoms. The van der Waals surface area contributed by atoms with E-state index in [9.17, 15) is 10.0 Å². The third kappa shape index (κ3) is 3.89. The Kier molecular flexibility index (Phi) is 5.72. The molecule has 1 aliphatic rings. The van der Waals surface area contributed by atoms with Gasteiger partial charge in [-0.25, -0.2) is 0 Å². The van der Waals surface area contributed by atoms with E-state index >= 15 is 0 Å². The number of hydrogen-bond acceptors (Lipinski definition) is 3. The van der Waals surface area contributed by atoms with Crippen molar-refractivity contribution in [2.75, 3.05) is 0 Å². The van der Waals surface area contributed by atoms with Crippen molar-refractivity contribution in [1.82, 2.24) is 4.90 Å². The van der Waals surface area contributed by atoms with Crippen LogP contribution >= 0.6 is 0 Å². The maximum Gasteiger partial charge on any atom is 0.255 e. The third-order valence-electron chi connectivity index (χ3n) is 5.92. The molecule has 0 spiro atoms. The van der Waals surface area contributed by atoms with E-state index in [0.717, 1.165) is 22.3 Å². The highest BCUT2D eigenvalue weighted by molar-refractivity contribution is 6.32. The second-order valence-corrected chi connectivity index (χ2v) is 8.14. The fourth-order valence-electron chi connectivity index (χ4n) is 4.53. The summed E-state index contributed by atoms with van der Waals surface area (Å²) < 4.78 is 0. The molecule has 4 heteroatoms. The van der Waals surface area contributed by atoms with Gasteiger partial charge in [-0.2, -0.15) is 0 Å². The van der Waals surface area contributed by atoms with Crippen molar-refractivity contribution < 1.29 is 10.0 Å². The van der Waals surface area contributed by atoms with Gasteiger partial charge in [-0.1, -0.05) is 96.2 Å². The summed E-state index contributed by atoms with van der Waals surface area (Å²) in [6.07, 6.45) is 0.433. The summed E-state index contributed by atoms with van der Waals surface area (Å²) in [7, 11) is 0. The Morgan fingerprint density at radius 3 is 1.94 bits per heavy atom. The molecule has 0 saturated carbocycles. The van der Waals surface area contributed by atoms with E-state index in [1.165, 1.54) is 0 Å². The molecule has 1 N–H and O–H groups in total. The second-order valence-electron chi connectivity index (χ2n) is 8.14. The Hall–Kier alpha value is -3.66. The zero-order valence-electron chi connectivity index (χ0n) is 17.8. The molecule has 31 heavy (non-hydrogen) atoms. The molecule has 4 nitrogen and oxygen atoms in total. The van der Waals surface area contributed by atoms with Gasteiger partial charge >= 0.3 is 0 Å². The van der Waals surface area contributed by atoms with Gasteiger partial charge in [0.05, 0.1) is 16.8 Å². The highest BCUT2D eigenvalue weighted by Crippen LogP contribution is 2.48. The molecule has 1 atom stereocenters. The summed E-state index contributed by atoms with van der Waals surface area (Å²) in [4.78, 5) is 15.9. The fourth-order valence-corrected chi connectivity index (χ4v) is 4.53. The Balaban J connectivity index is 1.94. The Labute approximate surface area is 183 Å². The van der Waals surface area contributed by atoms with Crippen molar-refractivity contribution >= 4 is 22.8 Å². The van der Waals surface area contributed by atoms with Gasteiger partial charge in [-0.15, -0.1) is 0 Å². The van der Waals surface area contributed by atoms with Crippen LogP contribution in [0.15, 0.2) is 96.2 Å². The molecule has 0 aromatic heterocycles. The number of nitrogens with zero attached hydrogens (tertiary/aromatic N) is 2. The summed E-state index contributed by atoms with van der Waals surface area (Å²) in [6, 6.07) is 29.9. The molecule has 1 heterocycles. The summed E-state index contributed by atoms with van der Waals surface area (Å²) >= 11 is 0. The van der Waals surface area contributed by atoms with Crippen LogP contribution in [-0.2, 0) is 11.3 Å². The molecule has 0 saturated heterocycles. The third-order valence-corrected chi connectivity index (χ3v) is 5.92. The number of carbonyl (C=O) groups excluding carboxylic acids is 1. The van der Waals surface area contributed by atoms with Crippen LogP contribution in [0, 0.1) is 0 Å². The summed E-state index contributed by atoms with van der Waals surface area (Å²) in [5.74, 6) is -0.0119. The van der Waals surface area contributed by atoms with Gasteiger partial charge in [0.25, 0.3) is 5.91 Å². The molecule has 156 valence electrons. The van der Waals surface area contributed by atoms with Crippen molar-refractivity contribution in [2.24, 2.45) is 5.16 Å². The Morgan fingerprint density at radius 2 is 1.39 bits per heavy atom. The van der Waals surface area contributed by atoms with Crippen LogP contribution in [0.1, 0.15) is 37.0 Å². The highest BCUT2D eigenvalue weighted by atomic mass is 16.4. The molecule has 0 radical (unpaired) electrons. The monoisotopic (exact) mass is 410 g/mol. The predicted octanol–water partition coefficient (Wildman–Crippen LogP) is 5.64. The van der Waals surface area contributed by atoms with Gasteiger partial charge in [-0.3, -0.25) is 4.79 Å². The quantitative estimate of drug-likeness (QED) is 0.325. The first-order valence-corrected chi connectivity index (χ1v) is 10.4. The van der Waals surface area contributed by atoms with Gasteiger partial charge in [0, 0.05) is 13.0 Å². The van der Waals surface area contributed by atoms with E-state index < -0.39 is 5.54 Å². The van der Waals surface area contributed by atoms with Crippen molar-refractivity contribution in [3.05, 3.63) is 108 Å². The average molecular weight is 411 g/mol. The first-order valence-electron chi connectivity index (χ1n) is 10.4. The minimum absolute atomic E-state index is 0.0119. The molecule has 0 fully saturated rings. The van der Waals surface area contributed by atoms with Crippen LogP contribution in [0.25, 0.3) is 11.1 Å². The molecule has 1 unspecified atom stereocenters. The van der Waals surface area contributed by atoms with Crippen molar-refractivity contribution in [2.45, 2.75) is 32.4 Å². The Morgan fingerprint density at radius 1 is 0.871 bits per heavy atom. The number of amides is 1. The van der Waals surface area contributed by atoms with Gasteiger partial charge in [0.15, 0.2) is 0 Å². The highest BCUT2D eigenvalue weighted by Gasteiger charge is 2.49. The van der Waals surface area contributed by atoms with Crippen LogP contribution < -0.4 is 0 Å². The van der Waals surface area contributed by atoms with Crippen molar-refractivity contribution in [3.8, 4) is 0 Å². The van der Waals surface area contributed by atoms with Crippen LogP contribution in [-0.4, -0.2) is 27.3 Å². The summed E-state index contributed by atoms with van der Waals surface area (Å²) in [5, 5.41) is 12.9.